The van der Waals surface area contributed by atoms with Gasteiger partial charge < -0.3 is 0 Å². The van der Waals surface area contributed by atoms with E-state index in [0.29, 0.717) is 27.0 Å². The van der Waals surface area contributed by atoms with Crippen molar-refractivity contribution in [2.45, 2.75) is 18.7 Å². The van der Waals surface area contributed by atoms with Crippen LogP contribution in [-0.4, -0.2) is 13.4 Å². The van der Waals surface area contributed by atoms with Crippen LogP contribution in [0.1, 0.15) is 11.1 Å². The van der Waals surface area contributed by atoms with Gasteiger partial charge in [0, 0.05) is 5.02 Å². The van der Waals surface area contributed by atoms with Gasteiger partial charge in [-0.1, -0.05) is 29.3 Å². The van der Waals surface area contributed by atoms with E-state index in [-0.39, 0.29) is 4.90 Å². The van der Waals surface area contributed by atoms with Crippen LogP contribution in [0.15, 0.2) is 35.4 Å². The fourth-order valence-electron chi connectivity index (χ4n) is 1.69. The summed E-state index contributed by atoms with van der Waals surface area (Å²) in [5.74, 6) is 0. The molecule has 0 aliphatic rings. The van der Waals surface area contributed by atoms with Crippen LogP contribution in [0.3, 0.4) is 0 Å². The monoisotopic (exact) mass is 330 g/mol. The van der Waals surface area contributed by atoms with Crippen molar-refractivity contribution in [2.24, 2.45) is 0 Å². The maximum atomic E-state index is 12.3. The van der Waals surface area contributed by atoms with E-state index in [4.69, 9.17) is 23.2 Å². The van der Waals surface area contributed by atoms with Gasteiger partial charge in [0.25, 0.3) is 10.0 Å². The average molecular weight is 331 g/mol. The Morgan fingerprint density at radius 2 is 1.80 bits per heavy atom. The van der Waals surface area contributed by atoms with Crippen LogP contribution in [0.25, 0.3) is 0 Å². The molecule has 1 aromatic carbocycles. The Kier molecular flexibility index (Phi) is 4.22. The number of halogens is 2. The van der Waals surface area contributed by atoms with E-state index in [2.05, 4.69) is 9.71 Å². The van der Waals surface area contributed by atoms with Crippen LogP contribution in [-0.2, 0) is 10.0 Å². The van der Waals surface area contributed by atoms with Gasteiger partial charge in [-0.25, -0.2) is 13.4 Å². The van der Waals surface area contributed by atoms with E-state index in [1.807, 2.05) is 0 Å². The minimum atomic E-state index is -3.71. The van der Waals surface area contributed by atoms with Crippen LogP contribution in [0.4, 0.5) is 5.69 Å². The quantitative estimate of drug-likeness (QED) is 0.870. The Balaban J connectivity index is 2.40. The Morgan fingerprint density at radius 1 is 1.10 bits per heavy atom. The van der Waals surface area contributed by atoms with Crippen molar-refractivity contribution in [1.82, 2.24) is 4.98 Å². The summed E-state index contributed by atoms with van der Waals surface area (Å²) in [6, 6.07) is 6.33. The molecule has 0 amide bonds. The predicted octanol–water partition coefficient (Wildman–Crippen LogP) is 3.81. The highest BCUT2D eigenvalue weighted by atomic mass is 35.5. The van der Waals surface area contributed by atoms with Gasteiger partial charge in [0.15, 0.2) is 0 Å². The van der Waals surface area contributed by atoms with Crippen LogP contribution in [0.5, 0.6) is 0 Å². The number of hydrogen-bond acceptors (Lipinski definition) is 3. The van der Waals surface area contributed by atoms with E-state index >= 15 is 0 Å². The van der Waals surface area contributed by atoms with Crippen LogP contribution < -0.4 is 4.72 Å². The minimum absolute atomic E-state index is 0.137. The second kappa shape index (κ2) is 5.60. The van der Waals surface area contributed by atoms with Gasteiger partial charge in [0.05, 0.1) is 16.8 Å². The summed E-state index contributed by atoms with van der Waals surface area (Å²) in [7, 11) is -3.71. The zero-order chi connectivity index (χ0) is 14.9. The summed E-state index contributed by atoms with van der Waals surface area (Å²) in [6.07, 6.45) is 1.37. The first-order chi connectivity index (χ1) is 9.29. The number of pyridine rings is 1. The average Bonchev–Trinajstić information content (AvgIpc) is 2.36. The third-order valence-corrected chi connectivity index (χ3v) is 4.86. The lowest BCUT2D eigenvalue weighted by atomic mass is 10.2. The van der Waals surface area contributed by atoms with Crippen molar-refractivity contribution in [3.8, 4) is 0 Å². The number of benzene rings is 1. The molecule has 0 spiro atoms. The molecule has 0 saturated carbocycles. The molecule has 0 radical (unpaired) electrons. The van der Waals surface area contributed by atoms with Gasteiger partial charge in [-0.3, -0.25) is 4.72 Å². The molecule has 0 fully saturated rings. The van der Waals surface area contributed by atoms with Crippen LogP contribution in [0.2, 0.25) is 10.2 Å². The summed E-state index contributed by atoms with van der Waals surface area (Å²) >= 11 is 11.7. The number of hydrogen-bond donors (Lipinski definition) is 1. The number of nitrogens with zero attached hydrogens (tertiary/aromatic N) is 1. The molecule has 2 aromatic rings. The van der Waals surface area contributed by atoms with E-state index in [0.717, 1.165) is 0 Å². The molecule has 0 aliphatic heterocycles. The first kappa shape index (κ1) is 15.1. The molecule has 0 bridgehead atoms. The summed E-state index contributed by atoms with van der Waals surface area (Å²) in [4.78, 5) is 4.05. The van der Waals surface area contributed by atoms with E-state index < -0.39 is 10.0 Å². The molecular formula is C13H12Cl2N2O2S. The normalized spacial score (nSPS) is 11.4. The Labute approximate surface area is 127 Å². The fourth-order valence-corrected chi connectivity index (χ4v) is 3.33. The van der Waals surface area contributed by atoms with Gasteiger partial charge in [0.1, 0.15) is 5.15 Å². The highest BCUT2D eigenvalue weighted by Crippen LogP contribution is 2.24. The SMILES string of the molecule is Cc1ccc(Cl)cc1S(=O)(=O)Nc1cnc(Cl)c(C)c1. The number of rotatable bonds is 3. The van der Waals surface area contributed by atoms with Crippen molar-refractivity contribution in [1.29, 1.82) is 0 Å². The van der Waals surface area contributed by atoms with Gasteiger partial charge in [-0.15, -0.1) is 0 Å². The number of nitrogens with one attached hydrogen (secondary N) is 1. The predicted molar refractivity (Wildman–Crippen MR) is 81.0 cm³/mol. The van der Waals surface area contributed by atoms with Gasteiger partial charge in [-0.2, -0.15) is 0 Å². The van der Waals surface area contributed by atoms with E-state index in [1.165, 1.54) is 12.3 Å². The third kappa shape index (κ3) is 3.23. The number of sulfonamides is 1. The van der Waals surface area contributed by atoms with Gasteiger partial charge >= 0.3 is 0 Å². The zero-order valence-electron chi connectivity index (χ0n) is 10.8. The van der Waals surface area contributed by atoms with Crippen molar-refractivity contribution in [2.75, 3.05) is 4.72 Å². The molecule has 7 heteroatoms. The zero-order valence-corrected chi connectivity index (χ0v) is 13.1. The number of aromatic nitrogens is 1. The summed E-state index contributed by atoms with van der Waals surface area (Å²) in [5, 5.41) is 0.702. The maximum Gasteiger partial charge on any atom is 0.262 e. The topological polar surface area (TPSA) is 59.1 Å². The van der Waals surface area contributed by atoms with Crippen LogP contribution in [0, 0.1) is 13.8 Å². The summed E-state index contributed by atoms with van der Waals surface area (Å²) in [6.45, 7) is 3.45. The molecule has 0 aliphatic carbocycles. The smallest absolute Gasteiger partial charge is 0.262 e. The number of anilines is 1. The molecule has 1 aromatic heterocycles. The Morgan fingerprint density at radius 3 is 2.45 bits per heavy atom. The highest BCUT2D eigenvalue weighted by Gasteiger charge is 2.17. The molecule has 0 unspecified atom stereocenters. The first-order valence-corrected chi connectivity index (χ1v) is 7.94. The molecule has 4 nitrogen and oxygen atoms in total. The van der Waals surface area contributed by atoms with Crippen LogP contribution >= 0.6 is 23.2 Å². The van der Waals surface area contributed by atoms with E-state index in [9.17, 15) is 8.42 Å². The second-order valence-corrected chi connectivity index (χ2v) is 6.79. The summed E-state index contributed by atoms with van der Waals surface area (Å²) < 4.78 is 27.1. The molecule has 2 rings (SSSR count). The molecule has 0 atom stereocenters. The minimum Gasteiger partial charge on any atom is -0.278 e. The number of aryl methyl sites for hydroxylation is 2. The Bertz CT molecular complexity index is 761. The fraction of sp³-hybridized carbons (Fsp3) is 0.154. The molecular weight excluding hydrogens is 319 g/mol. The van der Waals surface area contributed by atoms with Crippen molar-refractivity contribution in [3.05, 3.63) is 51.8 Å². The first-order valence-electron chi connectivity index (χ1n) is 5.71. The highest BCUT2D eigenvalue weighted by molar-refractivity contribution is 7.92. The molecule has 0 saturated heterocycles. The molecule has 20 heavy (non-hydrogen) atoms. The van der Waals surface area contributed by atoms with Gasteiger partial charge in [-0.05, 0) is 43.2 Å². The second-order valence-electron chi connectivity index (χ2n) is 4.35. The van der Waals surface area contributed by atoms with Crippen molar-refractivity contribution < 1.29 is 8.42 Å². The molecule has 106 valence electrons. The van der Waals surface area contributed by atoms with Gasteiger partial charge in [0.2, 0.25) is 0 Å². The largest absolute Gasteiger partial charge is 0.278 e. The standard InChI is InChI=1S/C13H12Cl2N2O2S/c1-8-3-4-10(14)6-12(8)20(18,19)17-11-5-9(2)13(15)16-7-11/h3-7,17H,1-2H3. The van der Waals surface area contributed by atoms with Crippen molar-refractivity contribution >= 4 is 38.9 Å². The molecule has 1 heterocycles. The van der Waals surface area contributed by atoms with E-state index in [1.54, 1.807) is 32.0 Å². The Hall–Kier alpha value is -1.30. The lowest BCUT2D eigenvalue weighted by Crippen LogP contribution is -2.14. The lowest BCUT2D eigenvalue weighted by Gasteiger charge is -2.11. The van der Waals surface area contributed by atoms with Crippen molar-refractivity contribution in [3.63, 3.8) is 0 Å². The third-order valence-electron chi connectivity index (χ3n) is 2.71. The molecule has 1 N–H and O–H groups in total. The maximum absolute atomic E-state index is 12.3. The lowest BCUT2D eigenvalue weighted by molar-refractivity contribution is 0.600. The summed E-state index contributed by atoms with van der Waals surface area (Å²) in [5.41, 5.74) is 1.65.